The van der Waals surface area contributed by atoms with E-state index in [1.54, 1.807) is 12.1 Å². The summed E-state index contributed by atoms with van der Waals surface area (Å²) in [5, 5.41) is 9.76. The number of halogens is 1. The largest absolute Gasteiger partial charge is 0.508 e. The van der Waals surface area contributed by atoms with Gasteiger partial charge in [0.25, 0.3) is 0 Å². The molecule has 0 spiro atoms. The lowest BCUT2D eigenvalue weighted by molar-refractivity contribution is 0.475. The summed E-state index contributed by atoms with van der Waals surface area (Å²) in [6.07, 6.45) is 2.48. The molecule has 2 heteroatoms. The van der Waals surface area contributed by atoms with Crippen molar-refractivity contribution in [1.29, 1.82) is 0 Å². The zero-order valence-electron chi connectivity index (χ0n) is 6.05. The lowest BCUT2D eigenvalue weighted by Crippen LogP contribution is -1.79. The van der Waals surface area contributed by atoms with E-state index in [2.05, 4.69) is 0 Å². The Balaban J connectivity index is 2.39. The number of hydrogen-bond acceptors (Lipinski definition) is 1. The van der Waals surface area contributed by atoms with Gasteiger partial charge in [0.1, 0.15) is 5.75 Å². The summed E-state index contributed by atoms with van der Waals surface area (Å²) in [6.45, 7) is 0. The normalized spacial score (nSPS) is 16.8. The third-order valence-corrected chi connectivity index (χ3v) is 2.33. The Morgan fingerprint density at radius 3 is 2.64 bits per heavy atom. The Morgan fingerprint density at radius 1 is 1.36 bits per heavy atom. The average molecular weight is 169 g/mol. The molecule has 1 aromatic rings. The van der Waals surface area contributed by atoms with Gasteiger partial charge in [0, 0.05) is 5.02 Å². The Labute approximate surface area is 70.6 Å². The third-order valence-electron chi connectivity index (χ3n) is 2.00. The van der Waals surface area contributed by atoms with Gasteiger partial charge >= 0.3 is 0 Å². The lowest BCUT2D eigenvalue weighted by atomic mass is 10.1. The Bertz CT molecular complexity index is 279. The first-order chi connectivity index (χ1) is 5.27. The lowest BCUT2D eigenvalue weighted by Gasteiger charge is -2.00. The number of phenols is 1. The fourth-order valence-electron chi connectivity index (χ4n) is 1.24. The molecule has 0 radical (unpaired) electrons. The number of rotatable bonds is 1. The summed E-state index contributed by atoms with van der Waals surface area (Å²) in [5.74, 6) is 0.905. The fraction of sp³-hybridized carbons (Fsp3) is 0.333. The molecule has 1 saturated carbocycles. The van der Waals surface area contributed by atoms with Crippen LogP contribution in [0.3, 0.4) is 0 Å². The molecule has 1 aromatic carbocycles. The van der Waals surface area contributed by atoms with Crippen LogP contribution >= 0.6 is 11.6 Å². The van der Waals surface area contributed by atoms with Gasteiger partial charge in [0.2, 0.25) is 0 Å². The van der Waals surface area contributed by atoms with Gasteiger partial charge < -0.3 is 5.11 Å². The molecule has 11 heavy (non-hydrogen) atoms. The van der Waals surface area contributed by atoms with E-state index in [-0.39, 0.29) is 5.75 Å². The first-order valence-electron chi connectivity index (χ1n) is 3.76. The van der Waals surface area contributed by atoms with Crippen LogP contribution in [0.4, 0.5) is 0 Å². The Hall–Kier alpha value is -0.690. The van der Waals surface area contributed by atoms with Crippen molar-refractivity contribution in [3.63, 3.8) is 0 Å². The number of benzene rings is 1. The summed E-state index contributed by atoms with van der Waals surface area (Å²) in [6, 6.07) is 5.21. The maximum atomic E-state index is 9.06. The van der Waals surface area contributed by atoms with Gasteiger partial charge in [-0.2, -0.15) is 0 Å². The minimum absolute atomic E-state index is 0.249. The van der Waals surface area contributed by atoms with E-state index >= 15 is 0 Å². The summed E-state index contributed by atoms with van der Waals surface area (Å²) in [7, 11) is 0. The molecular weight excluding hydrogens is 160 g/mol. The third kappa shape index (κ3) is 1.33. The van der Waals surface area contributed by atoms with Crippen LogP contribution in [-0.2, 0) is 0 Å². The van der Waals surface area contributed by atoms with Crippen LogP contribution in [0, 0.1) is 0 Å². The van der Waals surface area contributed by atoms with Gasteiger partial charge in [0.15, 0.2) is 0 Å². The molecule has 0 unspecified atom stereocenters. The quantitative estimate of drug-likeness (QED) is 0.684. The van der Waals surface area contributed by atoms with Crippen LogP contribution in [0.5, 0.6) is 5.75 Å². The highest BCUT2D eigenvalue weighted by Crippen LogP contribution is 2.43. The van der Waals surface area contributed by atoms with E-state index in [4.69, 9.17) is 16.7 Å². The van der Waals surface area contributed by atoms with Crippen molar-refractivity contribution in [1.82, 2.24) is 0 Å². The Morgan fingerprint density at radius 2 is 2.09 bits per heavy atom. The SMILES string of the molecule is Oc1ccc(C2CC2)c(Cl)c1. The number of aromatic hydroxyl groups is 1. The van der Waals surface area contributed by atoms with Crippen molar-refractivity contribution < 1.29 is 5.11 Å². The van der Waals surface area contributed by atoms with E-state index in [0.717, 1.165) is 0 Å². The summed E-state index contributed by atoms with van der Waals surface area (Å²) >= 11 is 5.90. The molecule has 0 aromatic heterocycles. The molecule has 1 N–H and O–H groups in total. The summed E-state index contributed by atoms with van der Waals surface area (Å²) < 4.78 is 0. The van der Waals surface area contributed by atoms with Gasteiger partial charge in [0.05, 0.1) is 0 Å². The molecule has 1 nitrogen and oxygen atoms in total. The zero-order valence-corrected chi connectivity index (χ0v) is 6.80. The van der Waals surface area contributed by atoms with Crippen molar-refractivity contribution >= 4 is 11.6 Å². The van der Waals surface area contributed by atoms with E-state index in [1.165, 1.54) is 18.4 Å². The predicted molar refractivity (Wildman–Crippen MR) is 45.1 cm³/mol. The van der Waals surface area contributed by atoms with E-state index in [1.807, 2.05) is 6.07 Å². The number of hydrogen-bond donors (Lipinski definition) is 1. The van der Waals surface area contributed by atoms with Crippen molar-refractivity contribution in [2.75, 3.05) is 0 Å². The second kappa shape index (κ2) is 2.42. The van der Waals surface area contributed by atoms with Crippen molar-refractivity contribution in [3.05, 3.63) is 28.8 Å². The highest BCUT2D eigenvalue weighted by molar-refractivity contribution is 6.31. The van der Waals surface area contributed by atoms with Crippen LogP contribution in [-0.4, -0.2) is 5.11 Å². The maximum absolute atomic E-state index is 9.06. The van der Waals surface area contributed by atoms with Crippen LogP contribution in [0.1, 0.15) is 24.3 Å². The maximum Gasteiger partial charge on any atom is 0.117 e. The molecule has 0 atom stereocenters. The monoisotopic (exact) mass is 168 g/mol. The molecule has 1 aliphatic carbocycles. The highest BCUT2D eigenvalue weighted by atomic mass is 35.5. The fourth-order valence-corrected chi connectivity index (χ4v) is 1.57. The van der Waals surface area contributed by atoms with Crippen LogP contribution < -0.4 is 0 Å². The van der Waals surface area contributed by atoms with Crippen molar-refractivity contribution in [2.45, 2.75) is 18.8 Å². The van der Waals surface area contributed by atoms with Crippen molar-refractivity contribution in [3.8, 4) is 5.75 Å². The molecule has 1 aliphatic rings. The van der Waals surface area contributed by atoms with E-state index in [0.29, 0.717) is 10.9 Å². The van der Waals surface area contributed by atoms with Gasteiger partial charge in [-0.1, -0.05) is 17.7 Å². The standard InChI is InChI=1S/C9H9ClO/c10-9-5-7(11)3-4-8(9)6-1-2-6/h3-6,11H,1-2H2. The first-order valence-corrected chi connectivity index (χ1v) is 4.13. The smallest absolute Gasteiger partial charge is 0.117 e. The minimum Gasteiger partial charge on any atom is -0.508 e. The molecule has 1 fully saturated rings. The summed E-state index contributed by atoms with van der Waals surface area (Å²) in [5.41, 5.74) is 1.18. The van der Waals surface area contributed by atoms with Gasteiger partial charge in [-0.3, -0.25) is 0 Å². The van der Waals surface area contributed by atoms with Crippen LogP contribution in [0.25, 0.3) is 0 Å². The molecule has 0 aliphatic heterocycles. The second-order valence-electron chi connectivity index (χ2n) is 2.98. The van der Waals surface area contributed by atoms with E-state index in [9.17, 15) is 0 Å². The molecule has 0 saturated heterocycles. The average Bonchev–Trinajstić information content (AvgIpc) is 2.70. The molecule has 0 amide bonds. The molecular formula is C9H9ClO. The molecule has 2 rings (SSSR count). The Kier molecular flexibility index (Phi) is 1.53. The summed E-state index contributed by atoms with van der Waals surface area (Å²) in [4.78, 5) is 0. The minimum atomic E-state index is 0.249. The van der Waals surface area contributed by atoms with Gasteiger partial charge in [-0.05, 0) is 36.5 Å². The van der Waals surface area contributed by atoms with Crippen LogP contribution in [0.2, 0.25) is 5.02 Å². The second-order valence-corrected chi connectivity index (χ2v) is 3.39. The zero-order chi connectivity index (χ0) is 7.84. The molecule has 0 bridgehead atoms. The van der Waals surface area contributed by atoms with E-state index < -0.39 is 0 Å². The van der Waals surface area contributed by atoms with Gasteiger partial charge in [-0.25, -0.2) is 0 Å². The van der Waals surface area contributed by atoms with Crippen LogP contribution in [0.15, 0.2) is 18.2 Å². The number of phenolic OH excluding ortho intramolecular Hbond substituents is 1. The van der Waals surface area contributed by atoms with Gasteiger partial charge in [-0.15, -0.1) is 0 Å². The topological polar surface area (TPSA) is 20.2 Å². The highest BCUT2D eigenvalue weighted by Gasteiger charge is 2.25. The molecule has 0 heterocycles. The predicted octanol–water partition coefficient (Wildman–Crippen LogP) is 2.92. The van der Waals surface area contributed by atoms with Crippen molar-refractivity contribution in [2.24, 2.45) is 0 Å². The first kappa shape index (κ1) is 6.99. The molecule has 58 valence electrons.